The zero-order valence-electron chi connectivity index (χ0n) is 6.39. The Morgan fingerprint density at radius 2 is 1.64 bits per heavy atom. The van der Waals surface area contributed by atoms with Gasteiger partial charge >= 0.3 is 0 Å². The first kappa shape index (κ1) is 8.15. The van der Waals surface area contributed by atoms with Gasteiger partial charge in [0.15, 0.2) is 0 Å². The Morgan fingerprint density at radius 3 is 2.18 bits per heavy atom. The molecular weight excluding hydrogens is 157 g/mol. The van der Waals surface area contributed by atoms with Gasteiger partial charge in [0, 0.05) is 0 Å². The lowest BCUT2D eigenvalue weighted by Crippen LogP contribution is -2.10. The van der Waals surface area contributed by atoms with Crippen molar-refractivity contribution in [2.24, 2.45) is 0 Å². The Labute approximate surface area is 68.1 Å². The number of nitrogens with two attached hydrogens (primary N) is 3. The summed E-state index contributed by atoms with van der Waals surface area (Å²) in [6.07, 6.45) is 0. The molecule has 11 heavy (non-hydrogen) atoms. The van der Waals surface area contributed by atoms with Gasteiger partial charge in [0.2, 0.25) is 0 Å². The molecule has 0 aromatic heterocycles. The van der Waals surface area contributed by atoms with Crippen LogP contribution >= 0.6 is 9.24 Å². The molecule has 1 atom stereocenters. The highest BCUT2D eigenvalue weighted by atomic mass is 31.0. The van der Waals surface area contributed by atoms with Crippen LogP contribution in [-0.4, -0.2) is 0 Å². The van der Waals surface area contributed by atoms with Crippen molar-refractivity contribution in [1.82, 2.24) is 0 Å². The molecule has 0 aliphatic rings. The fourth-order valence-electron chi connectivity index (χ4n) is 0.902. The smallest absolute Gasteiger partial charge is 0.0790 e. The molecule has 0 radical (unpaired) electrons. The first-order valence-electron chi connectivity index (χ1n) is 3.23. The molecule has 0 saturated carbocycles. The van der Waals surface area contributed by atoms with E-state index in [1.165, 1.54) is 0 Å². The lowest BCUT2D eigenvalue weighted by Gasteiger charge is -2.09. The van der Waals surface area contributed by atoms with E-state index >= 15 is 0 Å². The van der Waals surface area contributed by atoms with E-state index in [1.807, 2.05) is 13.0 Å². The summed E-state index contributed by atoms with van der Waals surface area (Å²) in [7, 11) is 2.52. The molecule has 1 aromatic rings. The molecule has 4 heteroatoms. The van der Waals surface area contributed by atoms with Crippen molar-refractivity contribution in [2.45, 2.75) is 6.92 Å². The van der Waals surface area contributed by atoms with E-state index in [0.717, 1.165) is 10.9 Å². The first-order chi connectivity index (χ1) is 5.04. The third kappa shape index (κ3) is 1.24. The van der Waals surface area contributed by atoms with E-state index < -0.39 is 0 Å². The maximum atomic E-state index is 5.64. The number of aryl methyl sites for hydroxylation is 1. The van der Waals surface area contributed by atoms with Crippen LogP contribution in [0.15, 0.2) is 6.07 Å². The monoisotopic (exact) mass is 169 g/mol. The van der Waals surface area contributed by atoms with Gasteiger partial charge in [-0.15, -0.1) is 9.24 Å². The van der Waals surface area contributed by atoms with Gasteiger partial charge < -0.3 is 17.2 Å². The van der Waals surface area contributed by atoms with E-state index in [4.69, 9.17) is 17.2 Å². The summed E-state index contributed by atoms with van der Waals surface area (Å²) in [5, 5.41) is 0.897. The zero-order chi connectivity index (χ0) is 8.59. The maximum Gasteiger partial charge on any atom is 0.0790 e. The van der Waals surface area contributed by atoms with E-state index in [-0.39, 0.29) is 0 Å². The highest BCUT2D eigenvalue weighted by Crippen LogP contribution is 2.25. The van der Waals surface area contributed by atoms with Gasteiger partial charge in [-0.2, -0.15) is 0 Å². The molecule has 1 rings (SSSR count). The van der Waals surface area contributed by atoms with Crippen molar-refractivity contribution < 1.29 is 0 Å². The Kier molecular flexibility index (Phi) is 1.92. The summed E-state index contributed by atoms with van der Waals surface area (Å²) >= 11 is 0. The first-order valence-corrected chi connectivity index (χ1v) is 3.81. The quantitative estimate of drug-likeness (QED) is 0.384. The third-order valence-electron chi connectivity index (χ3n) is 1.69. The molecule has 1 unspecified atom stereocenters. The van der Waals surface area contributed by atoms with Crippen molar-refractivity contribution in [1.29, 1.82) is 0 Å². The standard InChI is InChI=1S/C7H12N3P/c1-3-2-4(11)6(9)7(10)5(3)8/h2H,8-11H2,1H3. The summed E-state index contributed by atoms with van der Waals surface area (Å²) in [6, 6.07) is 1.89. The molecule has 1 aromatic carbocycles. The summed E-state index contributed by atoms with van der Waals surface area (Å²) in [5.74, 6) is 0. The van der Waals surface area contributed by atoms with Gasteiger partial charge in [0.25, 0.3) is 0 Å². The Hall–Kier alpha value is -0.950. The summed E-state index contributed by atoms with van der Waals surface area (Å²) in [6.45, 7) is 1.90. The van der Waals surface area contributed by atoms with Gasteiger partial charge in [-0.3, -0.25) is 0 Å². The molecule has 0 bridgehead atoms. The molecular formula is C7H12N3P. The maximum absolute atomic E-state index is 5.64. The number of rotatable bonds is 0. The van der Waals surface area contributed by atoms with Gasteiger partial charge in [-0.05, 0) is 23.9 Å². The fourth-order valence-corrected chi connectivity index (χ4v) is 1.31. The summed E-state index contributed by atoms with van der Waals surface area (Å²) in [5.41, 5.74) is 19.5. The van der Waals surface area contributed by atoms with Crippen LogP contribution in [0.1, 0.15) is 5.56 Å². The van der Waals surface area contributed by atoms with Crippen LogP contribution in [0.4, 0.5) is 17.1 Å². The number of hydrogen-bond donors (Lipinski definition) is 3. The van der Waals surface area contributed by atoms with E-state index in [2.05, 4.69) is 9.24 Å². The highest BCUT2D eigenvalue weighted by Gasteiger charge is 2.05. The van der Waals surface area contributed by atoms with Crippen LogP contribution in [0.2, 0.25) is 0 Å². The molecule has 0 saturated heterocycles. The summed E-state index contributed by atoms with van der Waals surface area (Å²) in [4.78, 5) is 0. The average molecular weight is 169 g/mol. The molecule has 0 aliphatic carbocycles. The number of nitrogen functional groups attached to an aromatic ring is 3. The Morgan fingerprint density at radius 1 is 1.09 bits per heavy atom. The van der Waals surface area contributed by atoms with Crippen molar-refractivity contribution in [3.8, 4) is 0 Å². The molecule has 0 spiro atoms. The van der Waals surface area contributed by atoms with Crippen LogP contribution in [0.25, 0.3) is 0 Å². The minimum absolute atomic E-state index is 0.481. The van der Waals surface area contributed by atoms with E-state index in [9.17, 15) is 0 Å². The van der Waals surface area contributed by atoms with Crippen LogP contribution in [0.3, 0.4) is 0 Å². The second-order valence-corrected chi connectivity index (χ2v) is 3.15. The number of benzene rings is 1. The van der Waals surface area contributed by atoms with Gasteiger partial charge in [-0.25, -0.2) is 0 Å². The second-order valence-electron chi connectivity index (χ2n) is 2.52. The fraction of sp³-hybridized carbons (Fsp3) is 0.143. The molecule has 0 fully saturated rings. The van der Waals surface area contributed by atoms with E-state index in [0.29, 0.717) is 17.1 Å². The van der Waals surface area contributed by atoms with Crippen molar-refractivity contribution in [3.63, 3.8) is 0 Å². The lowest BCUT2D eigenvalue weighted by molar-refractivity contribution is 1.49. The van der Waals surface area contributed by atoms with Crippen molar-refractivity contribution in [2.75, 3.05) is 17.2 Å². The van der Waals surface area contributed by atoms with Crippen LogP contribution < -0.4 is 22.5 Å². The Bertz CT molecular complexity index is 270. The van der Waals surface area contributed by atoms with Crippen LogP contribution in [-0.2, 0) is 0 Å². The van der Waals surface area contributed by atoms with Gasteiger partial charge in [-0.1, -0.05) is 0 Å². The zero-order valence-corrected chi connectivity index (χ0v) is 7.54. The molecule has 0 heterocycles. The van der Waals surface area contributed by atoms with Crippen LogP contribution in [0, 0.1) is 6.92 Å². The highest BCUT2D eigenvalue weighted by molar-refractivity contribution is 7.28. The van der Waals surface area contributed by atoms with E-state index in [1.54, 1.807) is 0 Å². The number of hydrogen-bond acceptors (Lipinski definition) is 3. The topological polar surface area (TPSA) is 78.1 Å². The Balaban J connectivity index is 3.46. The van der Waals surface area contributed by atoms with Gasteiger partial charge in [0.1, 0.15) is 0 Å². The molecule has 0 amide bonds. The third-order valence-corrected chi connectivity index (χ3v) is 2.17. The molecule has 60 valence electrons. The molecule has 6 N–H and O–H groups in total. The number of anilines is 3. The normalized spacial score (nSPS) is 10.0. The van der Waals surface area contributed by atoms with Crippen molar-refractivity contribution >= 4 is 31.6 Å². The lowest BCUT2D eigenvalue weighted by atomic mass is 10.1. The second kappa shape index (κ2) is 2.59. The minimum atomic E-state index is 0.481. The van der Waals surface area contributed by atoms with Crippen LogP contribution in [0.5, 0.6) is 0 Å². The minimum Gasteiger partial charge on any atom is -0.397 e. The van der Waals surface area contributed by atoms with Crippen molar-refractivity contribution in [3.05, 3.63) is 11.6 Å². The largest absolute Gasteiger partial charge is 0.397 e. The molecule has 0 aliphatic heterocycles. The predicted molar refractivity (Wildman–Crippen MR) is 53.8 cm³/mol. The molecule has 3 nitrogen and oxygen atoms in total. The summed E-state index contributed by atoms with van der Waals surface area (Å²) < 4.78 is 0. The SMILES string of the molecule is Cc1cc(P)c(N)c(N)c1N. The average Bonchev–Trinajstić information content (AvgIpc) is 1.97. The van der Waals surface area contributed by atoms with Gasteiger partial charge in [0.05, 0.1) is 17.1 Å². The predicted octanol–water partition coefficient (Wildman–Crippen LogP) is 0.242.